The maximum atomic E-state index is 3.49. The molecule has 1 heterocycles. The van der Waals surface area contributed by atoms with Crippen LogP contribution in [0.25, 0.3) is 0 Å². The molecule has 2 rings (SSSR count). The molecule has 0 spiro atoms. The van der Waals surface area contributed by atoms with Gasteiger partial charge < -0.3 is 10.2 Å². The van der Waals surface area contributed by atoms with E-state index in [1.165, 1.54) is 55.6 Å². The highest BCUT2D eigenvalue weighted by Crippen LogP contribution is 2.39. The van der Waals surface area contributed by atoms with Gasteiger partial charge in [-0.2, -0.15) is 0 Å². The number of rotatable bonds is 7. The Kier molecular flexibility index (Phi) is 5.69. The van der Waals surface area contributed by atoms with Gasteiger partial charge in [0, 0.05) is 25.3 Å². The first-order valence-corrected chi connectivity index (χ1v) is 8.69. The summed E-state index contributed by atoms with van der Waals surface area (Å²) in [6.45, 7) is 13.7. The van der Waals surface area contributed by atoms with Gasteiger partial charge in [-0.05, 0) is 61.8 Å². The molecule has 0 saturated carbocycles. The van der Waals surface area contributed by atoms with Gasteiger partial charge in [-0.1, -0.05) is 32.9 Å². The number of nitrogens with zero attached hydrogens (tertiary/aromatic N) is 1. The van der Waals surface area contributed by atoms with Crippen molar-refractivity contribution in [2.45, 2.75) is 59.9 Å². The van der Waals surface area contributed by atoms with Gasteiger partial charge in [-0.15, -0.1) is 0 Å². The monoisotopic (exact) mass is 288 g/mol. The normalized spacial score (nSPS) is 17.4. The predicted octanol–water partition coefficient (Wildman–Crippen LogP) is 4.51. The van der Waals surface area contributed by atoms with Gasteiger partial charge >= 0.3 is 0 Å². The molecule has 1 aliphatic heterocycles. The molecule has 0 aromatic heterocycles. The van der Waals surface area contributed by atoms with E-state index in [4.69, 9.17) is 0 Å². The molecule has 1 fully saturated rings. The molecule has 1 aliphatic rings. The van der Waals surface area contributed by atoms with E-state index in [9.17, 15) is 0 Å². The molecule has 1 aromatic carbocycles. The fourth-order valence-electron chi connectivity index (χ4n) is 3.56. The Morgan fingerprint density at radius 1 is 1.19 bits per heavy atom. The SMILES string of the molecule is CCCNCc1ccc(N2CCC(CC)(CC)C2)c(C)c1. The van der Waals surface area contributed by atoms with Crippen LogP contribution in [0.4, 0.5) is 5.69 Å². The van der Waals surface area contributed by atoms with Gasteiger partial charge in [0.25, 0.3) is 0 Å². The van der Waals surface area contributed by atoms with Crippen molar-refractivity contribution < 1.29 is 0 Å². The zero-order valence-corrected chi connectivity index (χ0v) is 14.3. The number of hydrogen-bond acceptors (Lipinski definition) is 2. The average molecular weight is 288 g/mol. The number of aryl methyl sites for hydroxylation is 1. The molecule has 0 radical (unpaired) electrons. The molecule has 2 nitrogen and oxygen atoms in total. The molecule has 1 N–H and O–H groups in total. The first kappa shape index (κ1) is 16.4. The number of hydrogen-bond donors (Lipinski definition) is 1. The Morgan fingerprint density at radius 3 is 2.52 bits per heavy atom. The highest BCUT2D eigenvalue weighted by atomic mass is 15.2. The molecule has 1 saturated heterocycles. The van der Waals surface area contributed by atoms with E-state index in [1.54, 1.807) is 0 Å². The summed E-state index contributed by atoms with van der Waals surface area (Å²) in [5.41, 5.74) is 4.82. The third-order valence-electron chi connectivity index (χ3n) is 5.30. The summed E-state index contributed by atoms with van der Waals surface area (Å²) in [4.78, 5) is 2.60. The summed E-state index contributed by atoms with van der Waals surface area (Å²) in [5.74, 6) is 0. The molecule has 2 heteroatoms. The van der Waals surface area contributed by atoms with Gasteiger partial charge in [0.15, 0.2) is 0 Å². The Morgan fingerprint density at radius 2 is 1.95 bits per heavy atom. The highest BCUT2D eigenvalue weighted by Gasteiger charge is 2.35. The molecule has 0 atom stereocenters. The first-order valence-electron chi connectivity index (χ1n) is 8.69. The van der Waals surface area contributed by atoms with Crippen molar-refractivity contribution >= 4 is 5.69 Å². The minimum absolute atomic E-state index is 0.549. The fourth-order valence-corrected chi connectivity index (χ4v) is 3.56. The third-order valence-corrected chi connectivity index (χ3v) is 5.30. The smallest absolute Gasteiger partial charge is 0.0396 e. The molecule has 0 bridgehead atoms. The fraction of sp³-hybridized carbons (Fsp3) is 0.684. The minimum Gasteiger partial charge on any atom is -0.371 e. The van der Waals surface area contributed by atoms with Gasteiger partial charge in [-0.25, -0.2) is 0 Å². The summed E-state index contributed by atoms with van der Waals surface area (Å²) >= 11 is 0. The van der Waals surface area contributed by atoms with Gasteiger partial charge in [0.05, 0.1) is 0 Å². The van der Waals surface area contributed by atoms with Crippen LogP contribution in [0.1, 0.15) is 57.6 Å². The maximum Gasteiger partial charge on any atom is 0.0396 e. The second kappa shape index (κ2) is 7.31. The Hall–Kier alpha value is -1.02. The second-order valence-corrected chi connectivity index (χ2v) is 6.68. The van der Waals surface area contributed by atoms with Crippen molar-refractivity contribution in [2.75, 3.05) is 24.5 Å². The molecule has 1 aromatic rings. The van der Waals surface area contributed by atoms with Crippen LogP contribution >= 0.6 is 0 Å². The molecular weight excluding hydrogens is 256 g/mol. The summed E-state index contributed by atoms with van der Waals surface area (Å²) in [6.07, 6.45) is 5.15. The topological polar surface area (TPSA) is 15.3 Å². The zero-order valence-electron chi connectivity index (χ0n) is 14.3. The predicted molar refractivity (Wildman–Crippen MR) is 93.0 cm³/mol. The van der Waals surface area contributed by atoms with Crippen LogP contribution in [0.15, 0.2) is 18.2 Å². The van der Waals surface area contributed by atoms with E-state index in [1.807, 2.05) is 0 Å². The molecule has 21 heavy (non-hydrogen) atoms. The van der Waals surface area contributed by atoms with Gasteiger partial charge in [0.2, 0.25) is 0 Å². The lowest BCUT2D eigenvalue weighted by Gasteiger charge is -2.28. The summed E-state index contributed by atoms with van der Waals surface area (Å²) < 4.78 is 0. The Bertz CT molecular complexity index is 449. The van der Waals surface area contributed by atoms with Crippen LogP contribution < -0.4 is 10.2 Å². The number of anilines is 1. The minimum atomic E-state index is 0.549. The highest BCUT2D eigenvalue weighted by molar-refractivity contribution is 5.55. The maximum absolute atomic E-state index is 3.49. The molecule has 118 valence electrons. The quantitative estimate of drug-likeness (QED) is 0.743. The van der Waals surface area contributed by atoms with Crippen LogP contribution in [0, 0.1) is 12.3 Å². The van der Waals surface area contributed by atoms with Crippen molar-refractivity contribution in [1.82, 2.24) is 5.32 Å². The lowest BCUT2D eigenvalue weighted by Crippen LogP contribution is -2.26. The van der Waals surface area contributed by atoms with E-state index in [-0.39, 0.29) is 0 Å². The van der Waals surface area contributed by atoms with Crippen LogP contribution in [0.2, 0.25) is 0 Å². The van der Waals surface area contributed by atoms with Crippen molar-refractivity contribution in [2.24, 2.45) is 5.41 Å². The van der Waals surface area contributed by atoms with Gasteiger partial charge in [0.1, 0.15) is 0 Å². The van der Waals surface area contributed by atoms with E-state index >= 15 is 0 Å². The summed E-state index contributed by atoms with van der Waals surface area (Å²) in [6, 6.07) is 6.98. The summed E-state index contributed by atoms with van der Waals surface area (Å²) in [7, 11) is 0. The lowest BCUT2D eigenvalue weighted by atomic mass is 9.82. The Balaban J connectivity index is 2.04. The standard InChI is InChI=1S/C19H32N2/c1-5-11-20-14-17-8-9-18(16(4)13-17)21-12-10-19(6-2,7-3)15-21/h8-9,13,20H,5-7,10-12,14-15H2,1-4H3. The number of nitrogens with one attached hydrogen (secondary N) is 1. The van der Waals surface area contributed by atoms with E-state index in [2.05, 4.69) is 56.1 Å². The lowest BCUT2D eigenvalue weighted by molar-refractivity contribution is 0.301. The van der Waals surface area contributed by atoms with E-state index < -0.39 is 0 Å². The van der Waals surface area contributed by atoms with Gasteiger partial charge in [-0.3, -0.25) is 0 Å². The van der Waals surface area contributed by atoms with Crippen LogP contribution in [-0.4, -0.2) is 19.6 Å². The Labute approximate surface area is 130 Å². The molecule has 0 aliphatic carbocycles. The van der Waals surface area contributed by atoms with Crippen molar-refractivity contribution in [3.63, 3.8) is 0 Å². The summed E-state index contributed by atoms with van der Waals surface area (Å²) in [5, 5.41) is 3.49. The van der Waals surface area contributed by atoms with Crippen LogP contribution in [-0.2, 0) is 6.54 Å². The van der Waals surface area contributed by atoms with Crippen LogP contribution in [0.3, 0.4) is 0 Å². The molecule has 0 amide bonds. The van der Waals surface area contributed by atoms with E-state index in [0.29, 0.717) is 5.41 Å². The second-order valence-electron chi connectivity index (χ2n) is 6.68. The van der Waals surface area contributed by atoms with Crippen molar-refractivity contribution in [3.8, 4) is 0 Å². The van der Waals surface area contributed by atoms with E-state index in [0.717, 1.165) is 13.1 Å². The first-order chi connectivity index (χ1) is 10.1. The van der Waals surface area contributed by atoms with Crippen LogP contribution in [0.5, 0.6) is 0 Å². The average Bonchev–Trinajstić information content (AvgIpc) is 2.93. The largest absolute Gasteiger partial charge is 0.371 e. The zero-order chi connectivity index (χ0) is 15.3. The molecular formula is C19H32N2. The number of benzene rings is 1. The molecule has 0 unspecified atom stereocenters. The van der Waals surface area contributed by atoms with Crippen molar-refractivity contribution in [3.05, 3.63) is 29.3 Å². The van der Waals surface area contributed by atoms with Crippen molar-refractivity contribution in [1.29, 1.82) is 0 Å². The third kappa shape index (κ3) is 3.79.